The molecule has 1 rings (SSSR count). The summed E-state index contributed by atoms with van der Waals surface area (Å²) in [6, 6.07) is 6.31. The van der Waals surface area contributed by atoms with Crippen molar-refractivity contribution in [3.05, 3.63) is 89.2 Å². The van der Waals surface area contributed by atoms with Crippen LogP contribution in [-0.4, -0.2) is 11.2 Å². The van der Waals surface area contributed by atoms with E-state index in [-0.39, 0.29) is 0 Å². The second-order valence-corrected chi connectivity index (χ2v) is 5.56. The highest BCUT2D eigenvalue weighted by Gasteiger charge is 2.18. The van der Waals surface area contributed by atoms with E-state index in [1.165, 1.54) is 24.0 Å². The fourth-order valence-corrected chi connectivity index (χ4v) is 2.57. The van der Waals surface area contributed by atoms with Gasteiger partial charge in [0.15, 0.2) is 0 Å². The van der Waals surface area contributed by atoms with Crippen LogP contribution in [-0.2, 0) is 0 Å². The van der Waals surface area contributed by atoms with Crippen LogP contribution >= 0.6 is 0 Å². The van der Waals surface area contributed by atoms with Crippen LogP contribution in [0.4, 0.5) is 8.78 Å². The van der Waals surface area contributed by atoms with Gasteiger partial charge >= 0.3 is 0 Å². The second kappa shape index (κ2) is 11.0. The average molecular weight is 356 g/mol. The molecule has 0 amide bonds. The number of hydrogen-bond acceptors (Lipinski definition) is 1. The van der Waals surface area contributed by atoms with Crippen molar-refractivity contribution in [2.24, 2.45) is 0 Å². The first-order valence-corrected chi connectivity index (χ1v) is 8.58. The van der Waals surface area contributed by atoms with Gasteiger partial charge in [-0.05, 0) is 51.0 Å². The fraction of sp³-hybridized carbons (Fsp3) is 0.227. The number of benzene rings is 1. The Balaban J connectivity index is 4.00. The first-order chi connectivity index (χ1) is 12.5. The topological polar surface area (TPSA) is 27.1 Å². The zero-order valence-corrected chi connectivity index (χ0v) is 15.8. The van der Waals surface area contributed by atoms with Gasteiger partial charge in [-0.25, -0.2) is 8.78 Å². The van der Waals surface area contributed by atoms with Crippen LogP contribution in [0.2, 0.25) is 0 Å². The van der Waals surface area contributed by atoms with Crippen LogP contribution in [0.5, 0.6) is 0 Å². The molecule has 1 aromatic carbocycles. The Labute approximate surface area is 155 Å². The number of rotatable bonds is 8. The molecule has 0 radical (unpaired) electrons. The summed E-state index contributed by atoms with van der Waals surface area (Å²) < 4.78 is 28.5. The van der Waals surface area contributed by atoms with Crippen molar-refractivity contribution >= 4 is 12.0 Å². The first kappa shape index (κ1) is 21.3. The standard InChI is InChI=1S/C22H26F2N2/c1-5-10-18(11-6-2)20(15-17(4)23)22(26(16-25)14-7-3)19-12-8-9-13-21(19)24/h5,7-16,25H,6H2,1-4H3/b10-5-,14-7+,17-15+,18-11+,22-20-,25-16?. The Morgan fingerprint density at radius 3 is 2.38 bits per heavy atom. The highest BCUT2D eigenvalue weighted by molar-refractivity contribution is 5.83. The Bertz CT molecular complexity index is 764. The molecule has 138 valence electrons. The molecule has 0 heterocycles. The molecule has 0 saturated heterocycles. The van der Waals surface area contributed by atoms with Crippen molar-refractivity contribution in [1.82, 2.24) is 4.90 Å². The van der Waals surface area contributed by atoms with E-state index in [9.17, 15) is 8.78 Å². The Morgan fingerprint density at radius 2 is 1.88 bits per heavy atom. The van der Waals surface area contributed by atoms with Crippen molar-refractivity contribution < 1.29 is 8.78 Å². The zero-order valence-electron chi connectivity index (χ0n) is 15.8. The van der Waals surface area contributed by atoms with E-state index >= 15 is 0 Å². The van der Waals surface area contributed by atoms with Gasteiger partial charge < -0.3 is 4.90 Å². The van der Waals surface area contributed by atoms with E-state index in [1.807, 2.05) is 32.1 Å². The highest BCUT2D eigenvalue weighted by Crippen LogP contribution is 2.31. The number of hydrogen-bond donors (Lipinski definition) is 1. The predicted octanol–water partition coefficient (Wildman–Crippen LogP) is 6.77. The SMILES string of the molecule is C\C=C/C(=C\CC)C(/C=C(\C)F)=C(/c1ccccc1F)N(C=N)/C=C/C. The lowest BCUT2D eigenvalue weighted by molar-refractivity contribution is 0.617. The van der Waals surface area contributed by atoms with Gasteiger partial charge in [0.2, 0.25) is 0 Å². The zero-order chi connectivity index (χ0) is 19.5. The van der Waals surface area contributed by atoms with Crippen molar-refractivity contribution in [2.75, 3.05) is 0 Å². The maximum atomic E-state index is 14.6. The molecule has 0 atom stereocenters. The summed E-state index contributed by atoms with van der Waals surface area (Å²) in [5, 5.41) is 7.78. The Hall–Kier alpha value is -2.75. The number of nitrogens with zero attached hydrogens (tertiary/aromatic N) is 1. The van der Waals surface area contributed by atoms with Crippen molar-refractivity contribution in [1.29, 1.82) is 5.41 Å². The summed E-state index contributed by atoms with van der Waals surface area (Å²) in [5.41, 5.74) is 1.98. The Kier molecular flexibility index (Phi) is 8.99. The molecule has 0 aliphatic carbocycles. The normalized spacial score (nSPS) is 14.1. The fourth-order valence-electron chi connectivity index (χ4n) is 2.57. The third kappa shape index (κ3) is 5.66. The molecule has 4 heteroatoms. The first-order valence-electron chi connectivity index (χ1n) is 8.58. The maximum absolute atomic E-state index is 14.6. The van der Waals surface area contributed by atoms with Gasteiger partial charge in [-0.2, -0.15) is 0 Å². The molecule has 0 aliphatic heterocycles. The summed E-state index contributed by atoms with van der Waals surface area (Å²) in [6.07, 6.45) is 12.3. The quantitative estimate of drug-likeness (QED) is 0.311. The van der Waals surface area contributed by atoms with E-state index in [0.717, 1.165) is 18.3 Å². The third-order valence-corrected chi connectivity index (χ3v) is 3.52. The lowest BCUT2D eigenvalue weighted by Crippen LogP contribution is -2.16. The highest BCUT2D eigenvalue weighted by atomic mass is 19.1. The smallest absolute Gasteiger partial charge is 0.132 e. The second-order valence-electron chi connectivity index (χ2n) is 5.56. The van der Waals surface area contributed by atoms with Gasteiger partial charge in [0, 0.05) is 17.3 Å². The summed E-state index contributed by atoms with van der Waals surface area (Å²) in [6.45, 7) is 7.01. The van der Waals surface area contributed by atoms with Crippen LogP contribution in [0.3, 0.4) is 0 Å². The molecular weight excluding hydrogens is 330 g/mol. The lowest BCUT2D eigenvalue weighted by Gasteiger charge is -2.23. The molecular formula is C22H26F2N2. The molecule has 0 aliphatic rings. The summed E-state index contributed by atoms with van der Waals surface area (Å²) >= 11 is 0. The minimum absolute atomic E-state index is 0.299. The van der Waals surface area contributed by atoms with Crippen molar-refractivity contribution in [2.45, 2.75) is 34.1 Å². The van der Waals surface area contributed by atoms with Gasteiger partial charge in [-0.3, -0.25) is 5.41 Å². The maximum Gasteiger partial charge on any atom is 0.132 e. The molecule has 0 spiro atoms. The predicted molar refractivity (Wildman–Crippen MR) is 107 cm³/mol. The third-order valence-electron chi connectivity index (χ3n) is 3.52. The molecule has 0 fully saturated rings. The molecule has 1 aromatic rings. The van der Waals surface area contributed by atoms with E-state index in [4.69, 9.17) is 5.41 Å². The largest absolute Gasteiger partial charge is 0.307 e. The van der Waals surface area contributed by atoms with Gasteiger partial charge in [-0.15, -0.1) is 0 Å². The summed E-state index contributed by atoms with van der Waals surface area (Å²) in [7, 11) is 0. The van der Waals surface area contributed by atoms with Gasteiger partial charge in [0.25, 0.3) is 0 Å². The van der Waals surface area contributed by atoms with Crippen molar-refractivity contribution in [3.63, 3.8) is 0 Å². The molecule has 0 saturated carbocycles. The lowest BCUT2D eigenvalue weighted by atomic mass is 9.96. The van der Waals surface area contributed by atoms with Crippen LogP contribution in [0.25, 0.3) is 5.70 Å². The van der Waals surface area contributed by atoms with Gasteiger partial charge in [-0.1, -0.05) is 43.4 Å². The number of allylic oxidation sites excluding steroid dienone is 8. The molecule has 1 N–H and O–H groups in total. The van der Waals surface area contributed by atoms with Gasteiger partial charge in [0.05, 0.1) is 17.9 Å². The van der Waals surface area contributed by atoms with Crippen LogP contribution in [0.15, 0.2) is 77.8 Å². The summed E-state index contributed by atoms with van der Waals surface area (Å²) in [5.74, 6) is -0.830. The van der Waals surface area contributed by atoms with E-state index in [1.54, 1.807) is 37.4 Å². The minimum atomic E-state index is -0.433. The average Bonchev–Trinajstić information content (AvgIpc) is 2.61. The Morgan fingerprint density at radius 1 is 1.19 bits per heavy atom. The number of nitrogens with one attached hydrogen (secondary N) is 1. The van der Waals surface area contributed by atoms with Crippen molar-refractivity contribution in [3.8, 4) is 0 Å². The van der Waals surface area contributed by atoms with E-state index < -0.39 is 11.6 Å². The molecule has 26 heavy (non-hydrogen) atoms. The monoisotopic (exact) mass is 356 g/mol. The molecule has 0 bridgehead atoms. The van der Waals surface area contributed by atoms with E-state index in [2.05, 4.69) is 0 Å². The number of halogens is 2. The minimum Gasteiger partial charge on any atom is -0.307 e. The van der Waals surface area contributed by atoms with Gasteiger partial charge in [0.1, 0.15) is 5.82 Å². The molecule has 0 aromatic heterocycles. The van der Waals surface area contributed by atoms with Crippen LogP contribution < -0.4 is 0 Å². The van der Waals surface area contributed by atoms with E-state index in [0.29, 0.717) is 16.8 Å². The molecule has 0 unspecified atom stereocenters. The van der Waals surface area contributed by atoms with Crippen LogP contribution in [0, 0.1) is 11.2 Å². The summed E-state index contributed by atoms with van der Waals surface area (Å²) in [4.78, 5) is 1.49. The molecule has 2 nitrogen and oxygen atoms in total. The van der Waals surface area contributed by atoms with Crippen LogP contribution in [0.1, 0.15) is 39.7 Å².